The van der Waals surface area contributed by atoms with Crippen LogP contribution in [0.2, 0.25) is 0 Å². The fourth-order valence-electron chi connectivity index (χ4n) is 1.29. The first-order valence-corrected chi connectivity index (χ1v) is 6.11. The van der Waals surface area contributed by atoms with E-state index in [-0.39, 0.29) is 23.9 Å². The second kappa shape index (κ2) is 6.65. The molecule has 0 heterocycles. The molecule has 0 fully saturated rings. The molecule has 106 valence electrons. The highest BCUT2D eigenvalue weighted by Gasteiger charge is 2.32. The van der Waals surface area contributed by atoms with Gasteiger partial charge in [0.25, 0.3) is 0 Å². The van der Waals surface area contributed by atoms with E-state index in [1.165, 1.54) is 19.1 Å². The van der Waals surface area contributed by atoms with Crippen molar-refractivity contribution in [1.82, 2.24) is 5.32 Å². The van der Waals surface area contributed by atoms with Gasteiger partial charge >= 0.3 is 6.36 Å². The molecule has 1 amide bonds. The van der Waals surface area contributed by atoms with Crippen LogP contribution in [0.3, 0.4) is 0 Å². The lowest BCUT2D eigenvalue weighted by molar-refractivity contribution is -0.274. The molecule has 1 aromatic carbocycles. The summed E-state index contributed by atoms with van der Waals surface area (Å²) in [7, 11) is 0. The Bertz CT molecular complexity index is 452. The van der Waals surface area contributed by atoms with Crippen molar-refractivity contribution in [2.45, 2.75) is 13.3 Å². The average Bonchev–Trinajstić information content (AvgIpc) is 2.24. The summed E-state index contributed by atoms with van der Waals surface area (Å²) in [6, 6.07) is 4.26. The molecule has 8 heteroatoms. The fourth-order valence-corrected chi connectivity index (χ4v) is 1.63. The van der Waals surface area contributed by atoms with Crippen LogP contribution in [0.25, 0.3) is 0 Å². The molecule has 0 radical (unpaired) electrons. The molecule has 2 N–H and O–H groups in total. The first kappa shape index (κ1) is 15.6. The van der Waals surface area contributed by atoms with E-state index in [1.54, 1.807) is 6.07 Å². The zero-order valence-corrected chi connectivity index (χ0v) is 11.6. The van der Waals surface area contributed by atoms with E-state index in [1.807, 2.05) is 0 Å². The maximum Gasteiger partial charge on any atom is 0.573 e. The molecular formula is C11H12BrF3N2O2. The second-order valence-corrected chi connectivity index (χ2v) is 4.51. The van der Waals surface area contributed by atoms with Crippen LogP contribution in [0.4, 0.5) is 18.9 Å². The van der Waals surface area contributed by atoms with Crippen molar-refractivity contribution < 1.29 is 22.7 Å². The summed E-state index contributed by atoms with van der Waals surface area (Å²) in [5, 5.41) is 5.28. The number of nitrogens with one attached hydrogen (secondary N) is 2. The number of anilines is 1. The lowest BCUT2D eigenvalue weighted by Crippen LogP contribution is -2.26. The quantitative estimate of drug-likeness (QED) is 0.810. The van der Waals surface area contributed by atoms with E-state index in [0.717, 1.165) is 0 Å². The minimum atomic E-state index is -4.76. The van der Waals surface area contributed by atoms with Crippen LogP contribution in [0.15, 0.2) is 22.7 Å². The molecule has 0 unspecified atom stereocenters. The van der Waals surface area contributed by atoms with E-state index in [4.69, 9.17) is 0 Å². The summed E-state index contributed by atoms with van der Waals surface area (Å²) in [4.78, 5) is 10.6. The zero-order valence-electron chi connectivity index (χ0n) is 9.97. The molecule has 0 saturated carbocycles. The number of hydrogen-bond acceptors (Lipinski definition) is 3. The third kappa shape index (κ3) is 6.32. The Kier molecular flexibility index (Phi) is 5.46. The Morgan fingerprint density at radius 2 is 2.05 bits per heavy atom. The number of amides is 1. The highest BCUT2D eigenvalue weighted by Crippen LogP contribution is 2.32. The molecule has 0 bridgehead atoms. The van der Waals surface area contributed by atoms with E-state index in [2.05, 4.69) is 31.3 Å². The van der Waals surface area contributed by atoms with Crippen molar-refractivity contribution in [3.05, 3.63) is 22.7 Å². The van der Waals surface area contributed by atoms with Crippen LogP contribution >= 0.6 is 15.9 Å². The minimum Gasteiger partial charge on any atom is -0.404 e. The van der Waals surface area contributed by atoms with E-state index in [9.17, 15) is 18.0 Å². The molecular weight excluding hydrogens is 329 g/mol. The number of rotatable bonds is 5. The van der Waals surface area contributed by atoms with Gasteiger partial charge in [-0.1, -0.05) is 15.9 Å². The summed E-state index contributed by atoms with van der Waals surface area (Å²) in [5.41, 5.74) is 0.200. The topological polar surface area (TPSA) is 50.4 Å². The summed E-state index contributed by atoms with van der Waals surface area (Å²) in [6.45, 7) is 1.95. The monoisotopic (exact) mass is 340 g/mol. The number of carbonyl (C=O) groups excluding carboxylic acids is 1. The molecule has 4 nitrogen and oxygen atoms in total. The smallest absolute Gasteiger partial charge is 0.404 e. The van der Waals surface area contributed by atoms with Crippen molar-refractivity contribution in [3.8, 4) is 5.75 Å². The molecule has 0 aliphatic carbocycles. The Labute approximate surface area is 116 Å². The second-order valence-electron chi connectivity index (χ2n) is 3.60. The fraction of sp³-hybridized carbons (Fsp3) is 0.364. The van der Waals surface area contributed by atoms with Gasteiger partial charge in [-0.05, 0) is 18.2 Å². The molecule has 0 aromatic heterocycles. The molecule has 0 saturated heterocycles. The van der Waals surface area contributed by atoms with Gasteiger partial charge < -0.3 is 15.4 Å². The lowest BCUT2D eigenvalue weighted by atomic mass is 10.3. The van der Waals surface area contributed by atoms with Gasteiger partial charge in [-0.2, -0.15) is 0 Å². The Hall–Kier alpha value is -1.44. The molecule has 0 spiro atoms. The van der Waals surface area contributed by atoms with E-state index < -0.39 is 6.36 Å². The van der Waals surface area contributed by atoms with E-state index in [0.29, 0.717) is 11.0 Å². The van der Waals surface area contributed by atoms with Gasteiger partial charge in [-0.3, -0.25) is 4.79 Å². The highest BCUT2D eigenvalue weighted by atomic mass is 79.9. The summed E-state index contributed by atoms with van der Waals surface area (Å²) in [5.74, 6) is -0.533. The average molecular weight is 341 g/mol. The van der Waals surface area contributed by atoms with Crippen LogP contribution in [-0.4, -0.2) is 25.4 Å². The van der Waals surface area contributed by atoms with Crippen LogP contribution in [-0.2, 0) is 4.79 Å². The van der Waals surface area contributed by atoms with Crippen LogP contribution in [0.1, 0.15) is 6.92 Å². The summed E-state index contributed by atoms with van der Waals surface area (Å²) < 4.78 is 41.1. The van der Waals surface area contributed by atoms with Crippen molar-refractivity contribution in [2.24, 2.45) is 0 Å². The molecule has 1 aromatic rings. The molecule has 1 rings (SSSR count). The first-order valence-electron chi connectivity index (χ1n) is 5.31. The summed E-state index contributed by atoms with van der Waals surface area (Å²) >= 11 is 3.07. The van der Waals surface area contributed by atoms with Crippen molar-refractivity contribution in [3.63, 3.8) is 0 Å². The van der Waals surface area contributed by atoms with Gasteiger partial charge in [0.1, 0.15) is 0 Å². The Balaban J connectivity index is 2.68. The SMILES string of the molecule is CC(=O)NCCNc1ccc(Br)cc1OC(F)(F)F. The molecule has 0 atom stereocenters. The highest BCUT2D eigenvalue weighted by molar-refractivity contribution is 9.10. The number of benzene rings is 1. The third-order valence-electron chi connectivity index (χ3n) is 1.98. The van der Waals surface area contributed by atoms with Gasteiger partial charge in [0.15, 0.2) is 5.75 Å². The van der Waals surface area contributed by atoms with Gasteiger partial charge in [-0.25, -0.2) is 0 Å². The first-order chi connectivity index (χ1) is 8.78. The number of carbonyl (C=O) groups is 1. The molecule has 0 aliphatic heterocycles. The van der Waals surface area contributed by atoms with Crippen LogP contribution in [0, 0.1) is 0 Å². The number of ether oxygens (including phenoxy) is 1. The molecule has 19 heavy (non-hydrogen) atoms. The van der Waals surface area contributed by atoms with Crippen molar-refractivity contribution >= 4 is 27.5 Å². The summed E-state index contributed by atoms with van der Waals surface area (Å²) in [6.07, 6.45) is -4.76. The van der Waals surface area contributed by atoms with Crippen molar-refractivity contribution in [1.29, 1.82) is 0 Å². The number of halogens is 4. The normalized spacial score (nSPS) is 11.0. The Morgan fingerprint density at radius 1 is 1.37 bits per heavy atom. The van der Waals surface area contributed by atoms with Gasteiger partial charge in [0, 0.05) is 24.5 Å². The minimum absolute atomic E-state index is 0.200. The maximum atomic E-state index is 12.2. The third-order valence-corrected chi connectivity index (χ3v) is 2.48. The number of alkyl halides is 3. The predicted octanol–water partition coefficient (Wildman–Crippen LogP) is 2.90. The Morgan fingerprint density at radius 3 is 2.63 bits per heavy atom. The number of hydrogen-bond donors (Lipinski definition) is 2. The van der Waals surface area contributed by atoms with Gasteiger partial charge in [-0.15, -0.1) is 13.2 Å². The predicted molar refractivity (Wildman–Crippen MR) is 68.0 cm³/mol. The van der Waals surface area contributed by atoms with Gasteiger partial charge in [0.05, 0.1) is 5.69 Å². The van der Waals surface area contributed by atoms with E-state index >= 15 is 0 Å². The van der Waals surface area contributed by atoms with Gasteiger partial charge in [0.2, 0.25) is 5.91 Å². The van der Waals surface area contributed by atoms with Crippen LogP contribution < -0.4 is 15.4 Å². The molecule has 0 aliphatic rings. The van der Waals surface area contributed by atoms with Crippen LogP contribution in [0.5, 0.6) is 5.75 Å². The lowest BCUT2D eigenvalue weighted by Gasteiger charge is -2.15. The zero-order chi connectivity index (χ0) is 14.5. The van der Waals surface area contributed by atoms with Crippen molar-refractivity contribution in [2.75, 3.05) is 18.4 Å². The standard InChI is InChI=1S/C11H12BrF3N2O2/c1-7(18)16-4-5-17-9-3-2-8(12)6-10(9)19-11(13,14)15/h2-3,6,17H,4-5H2,1H3,(H,16,18). The largest absolute Gasteiger partial charge is 0.573 e. The maximum absolute atomic E-state index is 12.2.